The molecule has 0 fully saturated rings. The first-order chi connectivity index (χ1) is 12.5. The molecule has 1 amide bonds. The Hall–Kier alpha value is -2.95. The lowest BCUT2D eigenvalue weighted by Gasteiger charge is -2.22. The van der Waals surface area contributed by atoms with E-state index in [1.54, 1.807) is 12.4 Å². The van der Waals surface area contributed by atoms with E-state index in [-0.39, 0.29) is 17.9 Å². The number of aromatic nitrogens is 3. The Morgan fingerprint density at radius 1 is 1.04 bits per heavy atom. The van der Waals surface area contributed by atoms with Crippen molar-refractivity contribution in [3.8, 4) is 11.1 Å². The number of pyridine rings is 1. The topological polar surface area (TPSA) is 59.8 Å². The van der Waals surface area contributed by atoms with E-state index in [1.807, 2.05) is 61.1 Å². The number of rotatable bonds is 5. The lowest BCUT2D eigenvalue weighted by Crippen LogP contribution is -2.33. The summed E-state index contributed by atoms with van der Waals surface area (Å²) in [6.07, 6.45) is 5.44. The first kappa shape index (κ1) is 17.9. The van der Waals surface area contributed by atoms with Crippen LogP contribution in [0.15, 0.2) is 55.0 Å². The first-order valence-corrected chi connectivity index (χ1v) is 8.77. The van der Waals surface area contributed by atoms with Crippen LogP contribution in [0.3, 0.4) is 0 Å². The van der Waals surface area contributed by atoms with E-state index in [0.717, 1.165) is 22.6 Å². The smallest absolute Gasteiger partial charge is 0.251 e. The first-order valence-electron chi connectivity index (χ1n) is 8.77. The maximum atomic E-state index is 12.7. The summed E-state index contributed by atoms with van der Waals surface area (Å²) in [5, 5.41) is 3.11. The summed E-state index contributed by atoms with van der Waals surface area (Å²) in [6.45, 7) is 6.12. The van der Waals surface area contributed by atoms with E-state index in [2.05, 4.69) is 29.1 Å². The van der Waals surface area contributed by atoms with Crippen LogP contribution in [-0.4, -0.2) is 20.4 Å². The van der Waals surface area contributed by atoms with Crippen molar-refractivity contribution in [3.05, 3.63) is 72.1 Å². The SMILES string of the molecule is Cc1cc(-c2ccc(C(=O)N[C@H](c3nccn3C)C(C)C)cc2)ccn1. The molecule has 0 aliphatic carbocycles. The summed E-state index contributed by atoms with van der Waals surface area (Å²) in [7, 11) is 1.94. The number of nitrogens with zero attached hydrogens (tertiary/aromatic N) is 3. The average molecular weight is 348 g/mol. The molecule has 0 saturated heterocycles. The van der Waals surface area contributed by atoms with Gasteiger partial charge in [0.1, 0.15) is 5.82 Å². The molecule has 5 nitrogen and oxygen atoms in total. The minimum Gasteiger partial charge on any atom is -0.342 e. The summed E-state index contributed by atoms with van der Waals surface area (Å²) in [5.74, 6) is 1.00. The van der Waals surface area contributed by atoms with Gasteiger partial charge >= 0.3 is 0 Å². The second-order valence-electron chi connectivity index (χ2n) is 6.85. The van der Waals surface area contributed by atoms with Gasteiger partial charge < -0.3 is 9.88 Å². The third-order valence-corrected chi connectivity index (χ3v) is 4.47. The van der Waals surface area contributed by atoms with Crippen LogP contribution in [0.1, 0.15) is 41.8 Å². The lowest BCUT2D eigenvalue weighted by molar-refractivity contribution is 0.0922. The minimum absolute atomic E-state index is 0.0934. The third-order valence-electron chi connectivity index (χ3n) is 4.47. The van der Waals surface area contributed by atoms with E-state index in [0.29, 0.717) is 5.56 Å². The fourth-order valence-electron chi connectivity index (χ4n) is 2.97. The Labute approximate surface area is 154 Å². The highest BCUT2D eigenvalue weighted by atomic mass is 16.1. The molecule has 1 aromatic carbocycles. The zero-order valence-corrected chi connectivity index (χ0v) is 15.6. The van der Waals surface area contributed by atoms with E-state index >= 15 is 0 Å². The molecule has 0 aliphatic heterocycles. The number of nitrogens with one attached hydrogen (secondary N) is 1. The number of imidazole rings is 1. The maximum absolute atomic E-state index is 12.7. The van der Waals surface area contributed by atoms with Crippen LogP contribution in [-0.2, 0) is 7.05 Å². The molecule has 0 saturated carbocycles. The van der Waals surface area contributed by atoms with Crippen molar-refractivity contribution in [2.45, 2.75) is 26.8 Å². The summed E-state index contributed by atoms with van der Waals surface area (Å²) in [4.78, 5) is 21.3. The number of hydrogen-bond donors (Lipinski definition) is 1. The molecule has 26 heavy (non-hydrogen) atoms. The van der Waals surface area contributed by atoms with Gasteiger partial charge in [-0.1, -0.05) is 26.0 Å². The van der Waals surface area contributed by atoms with Gasteiger partial charge in [0.15, 0.2) is 0 Å². The standard InChI is InChI=1S/C21H24N4O/c1-14(2)19(20-23-11-12-25(20)4)24-21(26)17-7-5-16(6-8-17)18-9-10-22-15(3)13-18/h5-14,19H,1-4H3,(H,24,26)/t19-/m0/s1. The van der Waals surface area contributed by atoms with Crippen molar-refractivity contribution in [2.75, 3.05) is 0 Å². The summed E-state index contributed by atoms with van der Waals surface area (Å²) < 4.78 is 1.94. The van der Waals surface area contributed by atoms with Gasteiger partial charge in [0.2, 0.25) is 0 Å². The van der Waals surface area contributed by atoms with Crippen molar-refractivity contribution >= 4 is 5.91 Å². The number of benzene rings is 1. The van der Waals surface area contributed by atoms with Gasteiger partial charge in [0.25, 0.3) is 5.91 Å². The second-order valence-corrected chi connectivity index (χ2v) is 6.85. The molecule has 0 radical (unpaired) electrons. The van der Waals surface area contributed by atoms with Crippen LogP contribution in [0, 0.1) is 12.8 Å². The zero-order valence-electron chi connectivity index (χ0n) is 15.6. The highest BCUT2D eigenvalue weighted by molar-refractivity contribution is 5.94. The summed E-state index contributed by atoms with van der Waals surface area (Å²) >= 11 is 0. The van der Waals surface area contributed by atoms with Crippen molar-refractivity contribution in [3.63, 3.8) is 0 Å². The molecule has 0 bridgehead atoms. The van der Waals surface area contributed by atoms with Crippen LogP contribution in [0.5, 0.6) is 0 Å². The highest BCUT2D eigenvalue weighted by Crippen LogP contribution is 2.22. The van der Waals surface area contributed by atoms with Gasteiger partial charge in [0, 0.05) is 36.9 Å². The zero-order chi connectivity index (χ0) is 18.7. The van der Waals surface area contributed by atoms with E-state index in [1.165, 1.54) is 0 Å². The molecule has 134 valence electrons. The second kappa shape index (κ2) is 7.52. The van der Waals surface area contributed by atoms with Crippen LogP contribution < -0.4 is 5.32 Å². The summed E-state index contributed by atoms with van der Waals surface area (Å²) in [6, 6.07) is 11.5. The normalized spacial score (nSPS) is 12.2. The molecule has 3 aromatic rings. The minimum atomic E-state index is -0.134. The van der Waals surface area contributed by atoms with Crippen LogP contribution in [0.4, 0.5) is 0 Å². The molecular formula is C21H24N4O. The Morgan fingerprint density at radius 2 is 1.77 bits per heavy atom. The monoisotopic (exact) mass is 348 g/mol. The van der Waals surface area contributed by atoms with Crippen molar-refractivity contribution < 1.29 is 4.79 Å². The van der Waals surface area contributed by atoms with E-state index in [9.17, 15) is 4.79 Å². The molecule has 2 heterocycles. The van der Waals surface area contributed by atoms with Crippen molar-refractivity contribution in [2.24, 2.45) is 13.0 Å². The van der Waals surface area contributed by atoms with E-state index in [4.69, 9.17) is 0 Å². The van der Waals surface area contributed by atoms with Crippen LogP contribution in [0.25, 0.3) is 11.1 Å². The quantitative estimate of drug-likeness (QED) is 0.760. The molecule has 5 heteroatoms. The third kappa shape index (κ3) is 3.82. The average Bonchev–Trinajstić information content (AvgIpc) is 3.05. The molecule has 0 unspecified atom stereocenters. The Bertz CT molecular complexity index is 896. The van der Waals surface area contributed by atoms with E-state index < -0.39 is 0 Å². The summed E-state index contributed by atoms with van der Waals surface area (Å²) in [5.41, 5.74) is 3.77. The largest absolute Gasteiger partial charge is 0.342 e. The number of carbonyl (C=O) groups excluding carboxylic acids is 1. The molecule has 3 rings (SSSR count). The lowest BCUT2D eigenvalue weighted by atomic mass is 10.0. The number of amides is 1. The number of carbonyl (C=O) groups is 1. The molecule has 1 atom stereocenters. The van der Waals surface area contributed by atoms with Gasteiger partial charge in [0.05, 0.1) is 6.04 Å². The maximum Gasteiger partial charge on any atom is 0.251 e. The Kier molecular flexibility index (Phi) is 5.16. The van der Waals surface area contributed by atoms with Crippen LogP contribution >= 0.6 is 0 Å². The highest BCUT2D eigenvalue weighted by Gasteiger charge is 2.22. The van der Waals surface area contributed by atoms with Crippen molar-refractivity contribution in [1.82, 2.24) is 19.9 Å². The van der Waals surface area contributed by atoms with Crippen LogP contribution in [0.2, 0.25) is 0 Å². The molecular weight excluding hydrogens is 324 g/mol. The van der Waals surface area contributed by atoms with Gasteiger partial charge in [-0.2, -0.15) is 0 Å². The molecule has 0 aliphatic rings. The number of aryl methyl sites for hydroxylation is 2. The molecule has 0 spiro atoms. The van der Waals surface area contributed by atoms with Crippen molar-refractivity contribution in [1.29, 1.82) is 0 Å². The number of hydrogen-bond acceptors (Lipinski definition) is 3. The predicted octanol–water partition coefficient (Wildman–Crippen LogP) is 3.92. The van der Waals surface area contributed by atoms with Gasteiger partial charge in [-0.15, -0.1) is 0 Å². The Balaban J connectivity index is 1.78. The van der Waals surface area contributed by atoms with Gasteiger partial charge in [-0.05, 0) is 48.2 Å². The molecule has 2 aromatic heterocycles. The predicted molar refractivity (Wildman–Crippen MR) is 103 cm³/mol. The molecule has 1 N–H and O–H groups in total. The fourth-order valence-corrected chi connectivity index (χ4v) is 2.97. The van der Waals surface area contributed by atoms with Gasteiger partial charge in [-0.3, -0.25) is 9.78 Å². The van der Waals surface area contributed by atoms with Gasteiger partial charge in [-0.25, -0.2) is 4.98 Å². The fraction of sp³-hybridized carbons (Fsp3) is 0.286. The Morgan fingerprint density at radius 3 is 2.35 bits per heavy atom.